The minimum absolute atomic E-state index is 0.0472. The van der Waals surface area contributed by atoms with E-state index in [2.05, 4.69) is 10.3 Å². The van der Waals surface area contributed by atoms with E-state index in [1.54, 1.807) is 18.2 Å². The highest BCUT2D eigenvalue weighted by Crippen LogP contribution is 2.32. The van der Waals surface area contributed by atoms with Crippen molar-refractivity contribution in [3.8, 4) is 11.5 Å². The van der Waals surface area contributed by atoms with Crippen LogP contribution in [0.1, 0.15) is 20.7 Å². The summed E-state index contributed by atoms with van der Waals surface area (Å²) in [5.74, 6) is -0.260. The smallest absolute Gasteiger partial charge is 0.335 e. The number of pyridine rings is 1. The number of carboxylic acid groups (broad SMARTS) is 1. The van der Waals surface area contributed by atoms with Crippen molar-refractivity contribution in [3.63, 3.8) is 0 Å². The van der Waals surface area contributed by atoms with Crippen molar-refractivity contribution in [1.29, 1.82) is 0 Å². The fourth-order valence-corrected chi connectivity index (χ4v) is 1.86. The Labute approximate surface area is 119 Å². The molecule has 1 aliphatic heterocycles. The van der Waals surface area contributed by atoms with E-state index in [0.29, 0.717) is 17.1 Å². The van der Waals surface area contributed by atoms with E-state index in [4.69, 9.17) is 14.6 Å². The van der Waals surface area contributed by atoms with Crippen molar-refractivity contribution < 1.29 is 24.2 Å². The Morgan fingerprint density at radius 1 is 1.10 bits per heavy atom. The zero-order valence-corrected chi connectivity index (χ0v) is 10.7. The van der Waals surface area contributed by atoms with E-state index in [9.17, 15) is 9.59 Å². The van der Waals surface area contributed by atoms with E-state index in [1.165, 1.54) is 18.3 Å². The lowest BCUT2D eigenvalue weighted by atomic mass is 10.2. The summed E-state index contributed by atoms with van der Waals surface area (Å²) < 4.78 is 10.4. The normalized spacial score (nSPS) is 12.0. The molecule has 0 bridgehead atoms. The Bertz CT molecular complexity index is 729. The van der Waals surface area contributed by atoms with Crippen molar-refractivity contribution in [1.82, 2.24) is 4.98 Å². The molecule has 0 saturated carbocycles. The minimum atomic E-state index is -1.09. The first-order valence-corrected chi connectivity index (χ1v) is 6.04. The summed E-state index contributed by atoms with van der Waals surface area (Å²) in [6, 6.07) is 7.41. The lowest BCUT2D eigenvalue weighted by Crippen LogP contribution is -2.13. The molecule has 1 aromatic carbocycles. The molecule has 1 amide bonds. The zero-order chi connectivity index (χ0) is 14.8. The van der Waals surface area contributed by atoms with Crippen molar-refractivity contribution in [2.24, 2.45) is 0 Å². The fraction of sp³-hybridized carbons (Fsp3) is 0.0714. The second-order valence-electron chi connectivity index (χ2n) is 4.26. The summed E-state index contributed by atoms with van der Waals surface area (Å²) in [5, 5.41) is 11.4. The fourth-order valence-electron chi connectivity index (χ4n) is 1.86. The summed E-state index contributed by atoms with van der Waals surface area (Å²) in [7, 11) is 0. The largest absolute Gasteiger partial charge is 0.478 e. The molecule has 0 radical (unpaired) electrons. The Hall–Kier alpha value is -3.09. The highest BCUT2D eigenvalue weighted by atomic mass is 16.7. The molecule has 106 valence electrons. The van der Waals surface area contributed by atoms with Crippen LogP contribution in [0.3, 0.4) is 0 Å². The number of fused-ring (bicyclic) bond motifs is 1. The first kappa shape index (κ1) is 12.9. The van der Waals surface area contributed by atoms with Gasteiger partial charge in [0.25, 0.3) is 5.91 Å². The molecule has 0 spiro atoms. The maximum absolute atomic E-state index is 12.1. The van der Waals surface area contributed by atoms with Crippen LogP contribution < -0.4 is 14.8 Å². The van der Waals surface area contributed by atoms with E-state index >= 15 is 0 Å². The minimum Gasteiger partial charge on any atom is -0.478 e. The van der Waals surface area contributed by atoms with Gasteiger partial charge in [-0.15, -0.1) is 0 Å². The maximum Gasteiger partial charge on any atom is 0.335 e. The van der Waals surface area contributed by atoms with E-state index in [-0.39, 0.29) is 18.2 Å². The predicted molar refractivity (Wildman–Crippen MR) is 71.7 cm³/mol. The average molecular weight is 286 g/mol. The van der Waals surface area contributed by atoms with Crippen LogP contribution >= 0.6 is 0 Å². The van der Waals surface area contributed by atoms with Gasteiger partial charge in [-0.05, 0) is 30.3 Å². The number of hydrogen-bond donors (Lipinski definition) is 2. The second kappa shape index (κ2) is 5.12. The number of ether oxygens (including phenoxy) is 2. The van der Waals surface area contributed by atoms with E-state index in [0.717, 1.165) is 0 Å². The number of rotatable bonds is 3. The zero-order valence-electron chi connectivity index (χ0n) is 10.7. The van der Waals surface area contributed by atoms with Crippen molar-refractivity contribution in [2.45, 2.75) is 0 Å². The summed E-state index contributed by atoms with van der Waals surface area (Å²) in [6.07, 6.45) is 1.32. The molecule has 2 aromatic rings. The van der Waals surface area contributed by atoms with Gasteiger partial charge in [0.15, 0.2) is 11.5 Å². The van der Waals surface area contributed by atoms with Gasteiger partial charge in [0.2, 0.25) is 6.79 Å². The number of anilines is 1. The van der Waals surface area contributed by atoms with Crippen LogP contribution in [0, 0.1) is 0 Å². The standard InChI is InChI=1S/C14H10N2O5/c17-13(8-1-2-10-11(5-8)21-7-20-10)16-12-6-9(14(18)19)3-4-15-12/h1-6H,7H2,(H,18,19)(H,15,16,17). The van der Waals surface area contributed by atoms with Crippen molar-refractivity contribution in [2.75, 3.05) is 12.1 Å². The van der Waals surface area contributed by atoms with Crippen molar-refractivity contribution >= 4 is 17.7 Å². The van der Waals surface area contributed by atoms with E-state index < -0.39 is 11.9 Å². The monoisotopic (exact) mass is 286 g/mol. The molecule has 1 aliphatic rings. The lowest BCUT2D eigenvalue weighted by molar-refractivity contribution is 0.0696. The molecule has 3 rings (SSSR count). The van der Waals surface area contributed by atoms with Crippen molar-refractivity contribution in [3.05, 3.63) is 47.7 Å². The molecule has 1 aromatic heterocycles. The highest BCUT2D eigenvalue weighted by Gasteiger charge is 2.16. The lowest BCUT2D eigenvalue weighted by Gasteiger charge is -2.06. The van der Waals surface area contributed by atoms with Crippen LogP contribution in [0.2, 0.25) is 0 Å². The predicted octanol–water partition coefficient (Wildman–Crippen LogP) is 1.76. The van der Waals surface area contributed by atoms with Crippen LogP contribution in [0.25, 0.3) is 0 Å². The molecular formula is C14H10N2O5. The second-order valence-corrected chi connectivity index (χ2v) is 4.26. The molecule has 0 saturated heterocycles. The third-order valence-corrected chi connectivity index (χ3v) is 2.88. The van der Waals surface area contributed by atoms with Crippen LogP contribution in [0.4, 0.5) is 5.82 Å². The molecule has 7 heteroatoms. The van der Waals surface area contributed by atoms with Crippen LogP contribution in [0.5, 0.6) is 11.5 Å². The topological polar surface area (TPSA) is 97.8 Å². The Kier molecular flexibility index (Phi) is 3.15. The molecular weight excluding hydrogens is 276 g/mol. The molecule has 2 heterocycles. The number of nitrogens with one attached hydrogen (secondary N) is 1. The number of benzene rings is 1. The number of carbonyl (C=O) groups excluding carboxylic acids is 1. The molecule has 0 atom stereocenters. The molecule has 0 fully saturated rings. The SMILES string of the molecule is O=C(O)c1ccnc(NC(=O)c2ccc3c(c2)OCO3)c1. The third-order valence-electron chi connectivity index (χ3n) is 2.88. The van der Waals surface area contributed by atoms with Gasteiger partial charge in [-0.1, -0.05) is 0 Å². The number of carbonyl (C=O) groups is 2. The number of hydrogen-bond acceptors (Lipinski definition) is 5. The third kappa shape index (κ3) is 2.62. The van der Waals surface area contributed by atoms with E-state index in [1.807, 2.05) is 0 Å². The molecule has 2 N–H and O–H groups in total. The molecule has 0 aliphatic carbocycles. The molecule has 0 unspecified atom stereocenters. The summed E-state index contributed by atoms with van der Waals surface area (Å²) in [5.41, 5.74) is 0.410. The maximum atomic E-state index is 12.1. The Morgan fingerprint density at radius 2 is 1.90 bits per heavy atom. The van der Waals surface area contributed by atoms with Gasteiger partial charge in [-0.3, -0.25) is 4.79 Å². The first-order chi connectivity index (χ1) is 10.1. The Balaban J connectivity index is 1.80. The van der Waals surface area contributed by atoms with Gasteiger partial charge in [0, 0.05) is 11.8 Å². The summed E-state index contributed by atoms with van der Waals surface area (Å²) in [4.78, 5) is 26.9. The number of aromatic nitrogens is 1. The molecule has 7 nitrogen and oxygen atoms in total. The number of amides is 1. The van der Waals surface area contributed by atoms with Crippen LogP contribution in [-0.2, 0) is 0 Å². The average Bonchev–Trinajstić information content (AvgIpc) is 2.94. The molecule has 21 heavy (non-hydrogen) atoms. The quantitative estimate of drug-likeness (QED) is 0.892. The van der Waals surface area contributed by atoms with Gasteiger partial charge in [-0.2, -0.15) is 0 Å². The van der Waals surface area contributed by atoms with Gasteiger partial charge < -0.3 is 19.9 Å². The van der Waals surface area contributed by atoms with Gasteiger partial charge >= 0.3 is 5.97 Å². The van der Waals surface area contributed by atoms with Crippen LogP contribution in [-0.4, -0.2) is 28.8 Å². The summed E-state index contributed by atoms with van der Waals surface area (Å²) >= 11 is 0. The summed E-state index contributed by atoms with van der Waals surface area (Å²) in [6.45, 7) is 0.128. The van der Waals surface area contributed by atoms with Crippen LogP contribution in [0.15, 0.2) is 36.5 Å². The highest BCUT2D eigenvalue weighted by molar-refractivity contribution is 6.04. The first-order valence-electron chi connectivity index (χ1n) is 6.04. The number of aromatic carboxylic acids is 1. The Morgan fingerprint density at radius 3 is 2.71 bits per heavy atom. The van der Waals surface area contributed by atoms with Gasteiger partial charge in [-0.25, -0.2) is 9.78 Å². The number of nitrogens with zero attached hydrogens (tertiary/aromatic N) is 1. The van der Waals surface area contributed by atoms with Gasteiger partial charge in [0.1, 0.15) is 5.82 Å². The number of carboxylic acids is 1. The van der Waals surface area contributed by atoms with Gasteiger partial charge in [0.05, 0.1) is 5.56 Å².